The van der Waals surface area contributed by atoms with Gasteiger partial charge in [-0.15, -0.1) is 11.3 Å². The third kappa shape index (κ3) is 1.27. The molecule has 0 bridgehead atoms. The highest BCUT2D eigenvalue weighted by Gasteiger charge is 2.04. The molecule has 2 heterocycles. The van der Waals surface area contributed by atoms with Gasteiger partial charge in [0.2, 0.25) is 0 Å². The van der Waals surface area contributed by atoms with E-state index in [9.17, 15) is 4.79 Å². The van der Waals surface area contributed by atoms with Crippen molar-refractivity contribution in [3.63, 3.8) is 0 Å². The lowest BCUT2D eigenvalue weighted by Crippen LogP contribution is -1.97. The van der Waals surface area contributed by atoms with Gasteiger partial charge in [0, 0.05) is 16.2 Å². The van der Waals surface area contributed by atoms with Crippen LogP contribution in [0.3, 0.4) is 0 Å². The summed E-state index contributed by atoms with van der Waals surface area (Å²) in [6, 6.07) is 7.60. The molecule has 15 heavy (non-hydrogen) atoms. The van der Waals surface area contributed by atoms with E-state index in [4.69, 9.17) is 4.42 Å². The highest BCUT2D eigenvalue weighted by molar-refractivity contribution is 7.17. The van der Waals surface area contributed by atoms with Gasteiger partial charge in [0.05, 0.1) is 0 Å². The molecule has 0 aliphatic carbocycles. The van der Waals surface area contributed by atoms with E-state index < -0.39 is 0 Å². The number of rotatable bonds is 0. The summed E-state index contributed by atoms with van der Waals surface area (Å²) >= 11 is 1.65. The second-order valence-corrected chi connectivity index (χ2v) is 4.50. The highest BCUT2D eigenvalue weighted by atomic mass is 32.1. The summed E-state index contributed by atoms with van der Waals surface area (Å²) in [6.07, 6.45) is 0. The summed E-state index contributed by atoms with van der Waals surface area (Å²) in [7, 11) is 0. The lowest BCUT2D eigenvalue weighted by molar-refractivity contribution is 0.560. The maximum atomic E-state index is 11.2. The Labute approximate surface area is 89.8 Å². The number of aryl methyl sites for hydroxylation is 1. The fourth-order valence-corrected chi connectivity index (χ4v) is 2.58. The molecular weight excluding hydrogens is 208 g/mol. The molecular formula is C12H8O2S. The van der Waals surface area contributed by atoms with E-state index in [1.54, 1.807) is 11.3 Å². The van der Waals surface area contributed by atoms with E-state index in [0.717, 1.165) is 15.6 Å². The largest absolute Gasteiger partial charge is 0.423 e. The van der Waals surface area contributed by atoms with Crippen LogP contribution in [0.4, 0.5) is 0 Å². The summed E-state index contributed by atoms with van der Waals surface area (Å²) in [6.45, 7) is 1.93. The van der Waals surface area contributed by atoms with E-state index in [1.807, 2.05) is 18.4 Å². The zero-order valence-electron chi connectivity index (χ0n) is 8.11. The van der Waals surface area contributed by atoms with Gasteiger partial charge in [-0.2, -0.15) is 0 Å². The molecule has 0 radical (unpaired) electrons. The molecule has 0 saturated carbocycles. The van der Waals surface area contributed by atoms with Crippen LogP contribution >= 0.6 is 11.3 Å². The minimum atomic E-state index is -0.282. The van der Waals surface area contributed by atoms with Gasteiger partial charge < -0.3 is 4.42 Å². The van der Waals surface area contributed by atoms with Crippen LogP contribution in [0.15, 0.2) is 38.9 Å². The van der Waals surface area contributed by atoms with Gasteiger partial charge in [0.15, 0.2) is 0 Å². The van der Waals surface area contributed by atoms with Gasteiger partial charge in [0.1, 0.15) is 5.58 Å². The highest BCUT2D eigenvalue weighted by Crippen LogP contribution is 2.27. The van der Waals surface area contributed by atoms with Crippen molar-refractivity contribution < 1.29 is 4.42 Å². The molecule has 3 heteroatoms. The summed E-state index contributed by atoms with van der Waals surface area (Å²) in [5.41, 5.74) is 1.36. The average molecular weight is 216 g/mol. The molecule has 0 aliphatic rings. The Morgan fingerprint density at radius 2 is 2.13 bits per heavy atom. The van der Waals surface area contributed by atoms with Gasteiger partial charge in [-0.1, -0.05) is 0 Å². The second-order valence-electron chi connectivity index (χ2n) is 3.56. The predicted octanol–water partition coefficient (Wildman–Crippen LogP) is 3.32. The number of thiophene rings is 1. The first-order valence-corrected chi connectivity index (χ1v) is 5.54. The van der Waals surface area contributed by atoms with Crippen LogP contribution in [-0.4, -0.2) is 0 Å². The smallest absolute Gasteiger partial charge is 0.336 e. The summed E-state index contributed by atoms with van der Waals surface area (Å²) in [5, 5.41) is 4.25. The molecule has 2 aromatic heterocycles. The summed E-state index contributed by atoms with van der Waals surface area (Å²) in [5.74, 6) is 0. The predicted molar refractivity (Wildman–Crippen MR) is 62.6 cm³/mol. The van der Waals surface area contributed by atoms with E-state index in [-0.39, 0.29) is 5.63 Å². The molecule has 0 N–H and O–H groups in total. The van der Waals surface area contributed by atoms with Crippen LogP contribution in [0.2, 0.25) is 0 Å². The van der Waals surface area contributed by atoms with Crippen molar-refractivity contribution in [2.75, 3.05) is 0 Å². The maximum absolute atomic E-state index is 11.2. The molecule has 74 valence electrons. The van der Waals surface area contributed by atoms with Gasteiger partial charge in [-0.25, -0.2) is 4.79 Å². The van der Waals surface area contributed by atoms with Crippen LogP contribution in [-0.2, 0) is 0 Å². The van der Waals surface area contributed by atoms with Crippen molar-refractivity contribution >= 4 is 32.4 Å². The third-order valence-corrected chi connectivity index (χ3v) is 3.40. The zero-order chi connectivity index (χ0) is 10.4. The van der Waals surface area contributed by atoms with Crippen LogP contribution in [0.5, 0.6) is 0 Å². The van der Waals surface area contributed by atoms with Gasteiger partial charge in [0.25, 0.3) is 0 Å². The van der Waals surface area contributed by atoms with Crippen molar-refractivity contribution in [2.45, 2.75) is 6.92 Å². The Kier molecular flexibility index (Phi) is 1.70. The minimum Gasteiger partial charge on any atom is -0.423 e. The topological polar surface area (TPSA) is 30.2 Å². The standard InChI is InChI=1S/C12H8O2S/c1-7-4-12(13)14-10-6-11-8(2-3-15-11)5-9(7)10/h2-6H,1H3. The van der Waals surface area contributed by atoms with Crippen LogP contribution in [0.25, 0.3) is 21.1 Å². The van der Waals surface area contributed by atoms with Crippen LogP contribution < -0.4 is 5.63 Å². The van der Waals surface area contributed by atoms with Crippen LogP contribution in [0.1, 0.15) is 5.56 Å². The molecule has 0 fully saturated rings. The van der Waals surface area contributed by atoms with E-state index in [2.05, 4.69) is 12.1 Å². The van der Waals surface area contributed by atoms with Crippen molar-refractivity contribution in [1.29, 1.82) is 0 Å². The maximum Gasteiger partial charge on any atom is 0.336 e. The molecule has 0 aliphatic heterocycles. The Morgan fingerprint density at radius 1 is 1.27 bits per heavy atom. The fraction of sp³-hybridized carbons (Fsp3) is 0.0833. The van der Waals surface area contributed by atoms with Crippen molar-refractivity contribution in [3.8, 4) is 0 Å². The zero-order valence-corrected chi connectivity index (χ0v) is 8.93. The van der Waals surface area contributed by atoms with E-state index in [0.29, 0.717) is 5.58 Å². The first-order valence-electron chi connectivity index (χ1n) is 4.66. The first-order chi connectivity index (χ1) is 7.24. The minimum absolute atomic E-state index is 0.282. The number of hydrogen-bond acceptors (Lipinski definition) is 3. The molecule has 0 amide bonds. The molecule has 3 rings (SSSR count). The second kappa shape index (κ2) is 2.94. The normalized spacial score (nSPS) is 11.3. The first kappa shape index (κ1) is 8.68. The molecule has 3 aromatic rings. The lowest BCUT2D eigenvalue weighted by Gasteiger charge is -1.99. The molecule has 2 nitrogen and oxygen atoms in total. The molecule has 0 atom stereocenters. The molecule has 0 unspecified atom stereocenters. The van der Waals surface area contributed by atoms with Gasteiger partial charge in [-0.3, -0.25) is 0 Å². The monoisotopic (exact) mass is 216 g/mol. The van der Waals surface area contributed by atoms with Crippen molar-refractivity contribution in [2.24, 2.45) is 0 Å². The van der Waals surface area contributed by atoms with Crippen molar-refractivity contribution in [3.05, 3.63) is 45.6 Å². The Balaban J connectivity index is 2.59. The number of benzene rings is 1. The third-order valence-electron chi connectivity index (χ3n) is 2.52. The molecule has 0 spiro atoms. The molecule has 1 aromatic carbocycles. The van der Waals surface area contributed by atoms with Crippen molar-refractivity contribution in [1.82, 2.24) is 0 Å². The Bertz CT molecular complexity index is 706. The van der Waals surface area contributed by atoms with E-state index in [1.165, 1.54) is 11.5 Å². The lowest BCUT2D eigenvalue weighted by atomic mass is 10.1. The quantitative estimate of drug-likeness (QED) is 0.539. The average Bonchev–Trinajstić information content (AvgIpc) is 2.61. The summed E-state index contributed by atoms with van der Waals surface area (Å²) in [4.78, 5) is 11.2. The van der Waals surface area contributed by atoms with Gasteiger partial charge in [-0.05, 0) is 41.5 Å². The number of fused-ring (bicyclic) bond motifs is 2. The molecule has 0 saturated heterocycles. The van der Waals surface area contributed by atoms with Gasteiger partial charge >= 0.3 is 5.63 Å². The van der Waals surface area contributed by atoms with Crippen LogP contribution in [0, 0.1) is 6.92 Å². The summed E-state index contributed by atoms with van der Waals surface area (Å²) < 4.78 is 6.32. The Morgan fingerprint density at radius 3 is 3.00 bits per heavy atom. The van der Waals surface area contributed by atoms with E-state index >= 15 is 0 Å². The Hall–Kier alpha value is -1.61. The number of hydrogen-bond donors (Lipinski definition) is 0. The SMILES string of the molecule is Cc1cc(=O)oc2cc3sccc3cc12. The fourth-order valence-electron chi connectivity index (χ4n) is 1.78.